The Morgan fingerprint density at radius 1 is 1.26 bits per heavy atom. The number of amides is 2. The Kier molecular flexibility index (Phi) is 6.26. The van der Waals surface area contributed by atoms with Gasteiger partial charge in [-0.25, -0.2) is 0 Å². The number of hydrogen-bond donors (Lipinski definition) is 1. The number of nitrogens with zero attached hydrogens (tertiary/aromatic N) is 2. The first kappa shape index (κ1) is 19.9. The highest BCUT2D eigenvalue weighted by atomic mass is 35.5. The van der Waals surface area contributed by atoms with Crippen LogP contribution in [0.25, 0.3) is 0 Å². The molecule has 10 heteroatoms. The third kappa shape index (κ3) is 4.73. The van der Waals surface area contributed by atoms with Crippen LogP contribution in [-0.4, -0.2) is 42.1 Å². The van der Waals surface area contributed by atoms with Gasteiger partial charge >= 0.3 is 0 Å². The van der Waals surface area contributed by atoms with Crippen molar-refractivity contribution in [3.63, 3.8) is 0 Å². The van der Waals surface area contributed by atoms with Crippen LogP contribution in [0.1, 0.15) is 11.3 Å². The summed E-state index contributed by atoms with van der Waals surface area (Å²) in [6, 6.07) is 8.48. The van der Waals surface area contributed by atoms with Crippen molar-refractivity contribution in [1.82, 2.24) is 4.90 Å². The van der Waals surface area contributed by atoms with E-state index in [1.807, 2.05) is 6.07 Å². The van der Waals surface area contributed by atoms with Gasteiger partial charge in [-0.2, -0.15) is 0 Å². The van der Waals surface area contributed by atoms with Gasteiger partial charge in [-0.15, -0.1) is 11.3 Å². The third-order valence-electron chi connectivity index (χ3n) is 3.79. The topological polar surface area (TPSA) is 71.0 Å². The zero-order chi connectivity index (χ0) is 19.6. The lowest BCUT2D eigenvalue weighted by atomic mass is 10.1. The van der Waals surface area contributed by atoms with Crippen LogP contribution in [0.4, 0.5) is 5.69 Å². The molecule has 2 amide bonds. The van der Waals surface area contributed by atoms with Gasteiger partial charge in [-0.05, 0) is 24.3 Å². The van der Waals surface area contributed by atoms with Crippen molar-refractivity contribution in [2.24, 2.45) is 5.16 Å². The minimum atomic E-state index is -0.775. The van der Waals surface area contributed by atoms with Crippen molar-refractivity contribution in [3.8, 4) is 0 Å². The van der Waals surface area contributed by atoms with E-state index in [1.54, 1.807) is 24.3 Å². The van der Waals surface area contributed by atoms with E-state index in [2.05, 4.69) is 10.5 Å². The lowest BCUT2D eigenvalue weighted by Gasteiger charge is -2.19. The molecule has 0 saturated carbocycles. The number of rotatable bonds is 5. The Labute approximate surface area is 174 Å². The lowest BCUT2D eigenvalue weighted by Crippen LogP contribution is -2.41. The first-order valence-electron chi connectivity index (χ1n) is 7.82. The summed E-state index contributed by atoms with van der Waals surface area (Å²) < 4.78 is 0.634. The Morgan fingerprint density at radius 3 is 2.59 bits per heavy atom. The molecule has 2 aromatic rings. The van der Waals surface area contributed by atoms with Crippen molar-refractivity contribution >= 4 is 69.4 Å². The van der Waals surface area contributed by atoms with E-state index in [-0.39, 0.29) is 12.5 Å². The van der Waals surface area contributed by atoms with Crippen LogP contribution < -0.4 is 5.32 Å². The number of nitrogens with one attached hydrogen (secondary N) is 1. The number of thiophene rings is 1. The first-order valence-corrected chi connectivity index (χ1v) is 9.77. The highest BCUT2D eigenvalue weighted by Crippen LogP contribution is 2.30. The fourth-order valence-electron chi connectivity index (χ4n) is 2.46. The highest BCUT2D eigenvalue weighted by molar-refractivity contribution is 7.18. The molecule has 0 saturated heterocycles. The molecule has 1 unspecified atom stereocenters. The van der Waals surface area contributed by atoms with E-state index < -0.39 is 12.0 Å². The van der Waals surface area contributed by atoms with E-state index in [9.17, 15) is 9.59 Å². The number of carbonyl (C=O) groups excluding carboxylic acids is 2. The summed E-state index contributed by atoms with van der Waals surface area (Å²) in [5.74, 6) is -0.776. The van der Waals surface area contributed by atoms with E-state index in [0.717, 1.165) is 4.88 Å². The molecule has 1 atom stereocenters. The molecular formula is C17H14Cl3N3O3S. The number of benzene rings is 1. The minimum Gasteiger partial charge on any atom is -0.382 e. The molecule has 2 heterocycles. The van der Waals surface area contributed by atoms with Gasteiger partial charge in [0.2, 0.25) is 12.0 Å². The molecule has 0 spiro atoms. The van der Waals surface area contributed by atoms with Crippen LogP contribution in [0.5, 0.6) is 0 Å². The quantitative estimate of drug-likeness (QED) is 0.744. The maximum absolute atomic E-state index is 12.5. The number of halogens is 3. The van der Waals surface area contributed by atoms with Crippen LogP contribution in [0.15, 0.2) is 35.5 Å². The van der Waals surface area contributed by atoms with Crippen molar-refractivity contribution in [2.75, 3.05) is 18.9 Å². The van der Waals surface area contributed by atoms with E-state index in [1.165, 1.54) is 23.3 Å². The van der Waals surface area contributed by atoms with Gasteiger partial charge < -0.3 is 15.1 Å². The van der Waals surface area contributed by atoms with Gasteiger partial charge in [0.1, 0.15) is 5.71 Å². The number of carbonyl (C=O) groups is 2. The van der Waals surface area contributed by atoms with Crippen molar-refractivity contribution in [3.05, 3.63) is 49.6 Å². The molecule has 6 nitrogen and oxygen atoms in total. The summed E-state index contributed by atoms with van der Waals surface area (Å²) in [5, 5.41) is 7.21. The average molecular weight is 447 g/mol. The molecule has 1 aromatic heterocycles. The molecule has 0 bridgehead atoms. The number of oxime groups is 1. The lowest BCUT2D eigenvalue weighted by molar-refractivity contribution is -0.142. The fourth-order valence-corrected chi connectivity index (χ4v) is 3.99. The molecular weight excluding hydrogens is 433 g/mol. The minimum absolute atomic E-state index is 0.180. The summed E-state index contributed by atoms with van der Waals surface area (Å²) in [7, 11) is 1.51. The molecule has 0 aliphatic carbocycles. The van der Waals surface area contributed by atoms with Gasteiger partial charge in [-0.1, -0.05) is 46.0 Å². The molecule has 27 heavy (non-hydrogen) atoms. The van der Waals surface area contributed by atoms with Gasteiger partial charge in [0.25, 0.3) is 5.91 Å². The Hall–Kier alpha value is -1.80. The highest BCUT2D eigenvalue weighted by Gasteiger charge is 2.32. The van der Waals surface area contributed by atoms with Crippen LogP contribution in [-0.2, 0) is 14.4 Å². The normalized spacial score (nSPS) is 15.9. The molecule has 1 aliphatic rings. The standard InChI is InChI=1S/C17H14Cl3N3O3S/c1-23(8-15(24)21-16-9(18)3-2-4-10(16)19)17(25)12-7-11(22-26-12)13-5-6-14(20)27-13/h2-6,12H,7-8H2,1H3,(H,21,24). The van der Waals surface area contributed by atoms with Crippen LogP contribution in [0.2, 0.25) is 14.4 Å². The number of likely N-dealkylation sites (N-methyl/N-ethyl adjacent to an activating group) is 1. The van der Waals surface area contributed by atoms with Gasteiger partial charge in [0.05, 0.1) is 31.5 Å². The van der Waals surface area contributed by atoms with Crippen molar-refractivity contribution in [2.45, 2.75) is 12.5 Å². The summed E-state index contributed by atoms with van der Waals surface area (Å²) in [6.45, 7) is -0.180. The van der Waals surface area contributed by atoms with E-state index in [0.29, 0.717) is 32.2 Å². The van der Waals surface area contributed by atoms with Crippen LogP contribution >= 0.6 is 46.1 Å². The number of para-hydroxylation sites is 1. The summed E-state index contributed by atoms with van der Waals surface area (Å²) in [6.07, 6.45) is -0.458. The number of anilines is 1. The first-order chi connectivity index (χ1) is 12.8. The molecule has 0 fully saturated rings. The molecule has 1 aromatic carbocycles. The maximum Gasteiger partial charge on any atom is 0.267 e. The largest absolute Gasteiger partial charge is 0.382 e. The summed E-state index contributed by atoms with van der Waals surface area (Å²) >= 11 is 19.3. The zero-order valence-electron chi connectivity index (χ0n) is 14.0. The second kappa shape index (κ2) is 8.48. The zero-order valence-corrected chi connectivity index (χ0v) is 17.1. The molecule has 142 valence electrons. The van der Waals surface area contributed by atoms with Gasteiger partial charge in [0, 0.05) is 13.5 Å². The molecule has 3 rings (SSSR count). The maximum atomic E-state index is 12.5. The van der Waals surface area contributed by atoms with E-state index in [4.69, 9.17) is 39.6 Å². The second-order valence-electron chi connectivity index (χ2n) is 5.78. The monoisotopic (exact) mass is 445 g/mol. The Morgan fingerprint density at radius 2 is 1.96 bits per heavy atom. The third-order valence-corrected chi connectivity index (χ3v) is 5.70. The summed E-state index contributed by atoms with van der Waals surface area (Å²) in [4.78, 5) is 32.1. The van der Waals surface area contributed by atoms with Gasteiger partial charge in [0.15, 0.2) is 0 Å². The number of hydrogen-bond acceptors (Lipinski definition) is 5. The van der Waals surface area contributed by atoms with Gasteiger partial charge in [-0.3, -0.25) is 9.59 Å². The van der Waals surface area contributed by atoms with Crippen LogP contribution in [0.3, 0.4) is 0 Å². The van der Waals surface area contributed by atoms with Crippen molar-refractivity contribution < 1.29 is 14.4 Å². The molecule has 1 aliphatic heterocycles. The Balaban J connectivity index is 1.56. The predicted octanol–water partition coefficient (Wildman–Crippen LogP) is 4.30. The fraction of sp³-hybridized carbons (Fsp3) is 0.235. The Bertz CT molecular complexity index is 896. The molecule has 1 N–H and O–H groups in total. The summed E-state index contributed by atoms with van der Waals surface area (Å²) in [5.41, 5.74) is 0.968. The van der Waals surface area contributed by atoms with Crippen molar-refractivity contribution in [1.29, 1.82) is 0 Å². The second-order valence-corrected chi connectivity index (χ2v) is 8.31. The van der Waals surface area contributed by atoms with E-state index >= 15 is 0 Å². The average Bonchev–Trinajstić information content (AvgIpc) is 3.26. The predicted molar refractivity (Wildman–Crippen MR) is 108 cm³/mol. The molecule has 0 radical (unpaired) electrons. The van der Waals surface area contributed by atoms with Crippen LogP contribution in [0, 0.1) is 0 Å². The smallest absolute Gasteiger partial charge is 0.267 e. The SMILES string of the molecule is CN(CC(=O)Nc1c(Cl)cccc1Cl)C(=O)C1CC(c2ccc(Cl)s2)=NO1.